The predicted molar refractivity (Wildman–Crippen MR) is 109 cm³/mol. The first-order valence-electron chi connectivity index (χ1n) is 8.26. The molecule has 4 rings (SSSR count). The molecule has 0 N–H and O–H groups in total. The van der Waals surface area contributed by atoms with Crippen molar-refractivity contribution in [1.82, 2.24) is 10.2 Å². The van der Waals surface area contributed by atoms with Gasteiger partial charge in [-0.15, -0.1) is 10.2 Å². The van der Waals surface area contributed by atoms with Gasteiger partial charge in [0.25, 0.3) is 5.22 Å². The van der Waals surface area contributed by atoms with Gasteiger partial charge in [-0.05, 0) is 66.9 Å². The second kappa shape index (κ2) is 7.32. The molecule has 5 nitrogen and oxygen atoms in total. The van der Waals surface area contributed by atoms with Gasteiger partial charge in [-0.2, -0.15) is 0 Å². The van der Waals surface area contributed by atoms with Gasteiger partial charge in [-0.1, -0.05) is 27.7 Å². The molecule has 136 valence electrons. The molecule has 0 saturated carbocycles. The van der Waals surface area contributed by atoms with E-state index in [2.05, 4.69) is 26.1 Å². The van der Waals surface area contributed by atoms with E-state index in [1.807, 2.05) is 50.2 Å². The van der Waals surface area contributed by atoms with Gasteiger partial charge in [0.2, 0.25) is 5.89 Å². The maximum atomic E-state index is 11.9. The fourth-order valence-corrected chi connectivity index (χ4v) is 3.74. The number of thioether (sulfide) groups is 1. The molecule has 0 saturated heterocycles. The van der Waals surface area contributed by atoms with Crippen LogP contribution in [0.2, 0.25) is 0 Å². The molecule has 0 amide bonds. The summed E-state index contributed by atoms with van der Waals surface area (Å²) in [4.78, 5) is 11.9. The molecule has 0 unspecified atom stereocenters. The van der Waals surface area contributed by atoms with Crippen molar-refractivity contribution in [2.75, 3.05) is 0 Å². The van der Waals surface area contributed by atoms with E-state index < -0.39 is 0 Å². The van der Waals surface area contributed by atoms with E-state index in [0.717, 1.165) is 32.1 Å². The van der Waals surface area contributed by atoms with E-state index in [4.69, 9.17) is 8.83 Å². The normalized spacial score (nSPS) is 11.2. The quantitative estimate of drug-likeness (QED) is 0.306. The number of hydrogen-bond acceptors (Lipinski definition) is 6. The first-order valence-corrected chi connectivity index (χ1v) is 10.0. The van der Waals surface area contributed by atoms with Gasteiger partial charge in [0.05, 0.1) is 0 Å². The van der Waals surface area contributed by atoms with Crippen molar-refractivity contribution < 1.29 is 8.83 Å². The Morgan fingerprint density at radius 2 is 1.74 bits per heavy atom. The Morgan fingerprint density at radius 3 is 2.52 bits per heavy atom. The van der Waals surface area contributed by atoms with Crippen molar-refractivity contribution in [1.29, 1.82) is 0 Å². The van der Waals surface area contributed by atoms with Gasteiger partial charge < -0.3 is 8.83 Å². The number of rotatable bonds is 4. The molecule has 0 spiro atoms. The lowest BCUT2D eigenvalue weighted by molar-refractivity contribution is 0.466. The van der Waals surface area contributed by atoms with Crippen LogP contribution in [0.25, 0.3) is 22.4 Å². The summed E-state index contributed by atoms with van der Waals surface area (Å²) in [5.41, 5.74) is 4.22. The molecule has 4 aromatic rings. The van der Waals surface area contributed by atoms with Crippen LogP contribution in [0.15, 0.2) is 65.8 Å². The number of hydrogen-bond donors (Lipinski definition) is 0. The number of nitrogens with zero attached hydrogens (tertiary/aromatic N) is 2. The number of fused-ring (bicyclic) bond motifs is 1. The third-order valence-corrected chi connectivity index (χ3v) is 5.69. The van der Waals surface area contributed by atoms with Gasteiger partial charge in [-0.3, -0.25) is 0 Å². The predicted octanol–water partition coefficient (Wildman–Crippen LogP) is 5.51. The summed E-state index contributed by atoms with van der Waals surface area (Å²) < 4.78 is 12.1. The lowest BCUT2D eigenvalue weighted by Crippen LogP contribution is -2.00. The van der Waals surface area contributed by atoms with Gasteiger partial charge in [0, 0.05) is 27.2 Å². The maximum absolute atomic E-state index is 11.9. The molecule has 7 heteroatoms. The number of benzene rings is 2. The Kier molecular flexibility index (Phi) is 4.88. The Morgan fingerprint density at radius 1 is 1.00 bits per heavy atom. The molecule has 27 heavy (non-hydrogen) atoms. The third kappa shape index (κ3) is 3.84. The SMILES string of the molecule is Cc1cc2oc(=O)cc(CSc3nnc(-c4ccc(Br)cc4)o3)c2cc1C. The molecule has 0 aliphatic heterocycles. The van der Waals surface area contributed by atoms with E-state index in [9.17, 15) is 4.79 Å². The second-order valence-corrected chi connectivity index (χ2v) is 8.03. The number of halogens is 1. The number of aromatic nitrogens is 2. The number of aryl methyl sites for hydroxylation is 2. The summed E-state index contributed by atoms with van der Waals surface area (Å²) in [6, 6.07) is 13.1. The van der Waals surface area contributed by atoms with Crippen molar-refractivity contribution in [2.45, 2.75) is 24.8 Å². The molecule has 0 fully saturated rings. The molecule has 2 aromatic carbocycles. The minimum absolute atomic E-state index is 0.359. The first-order chi connectivity index (χ1) is 13.0. The fraction of sp³-hybridized carbons (Fsp3) is 0.150. The zero-order valence-electron chi connectivity index (χ0n) is 14.7. The largest absolute Gasteiger partial charge is 0.423 e. The topological polar surface area (TPSA) is 69.1 Å². The summed E-state index contributed by atoms with van der Waals surface area (Å²) in [6.45, 7) is 4.04. The van der Waals surface area contributed by atoms with Crippen molar-refractivity contribution in [3.05, 3.63) is 74.0 Å². The van der Waals surface area contributed by atoms with Crippen LogP contribution in [0.3, 0.4) is 0 Å². The first kappa shape index (κ1) is 18.0. The van der Waals surface area contributed by atoms with E-state index in [-0.39, 0.29) is 5.63 Å². The summed E-state index contributed by atoms with van der Waals surface area (Å²) in [5, 5.41) is 9.58. The Bertz CT molecular complexity index is 1180. The molecule has 2 aromatic heterocycles. The average molecular weight is 443 g/mol. The molecule has 0 aliphatic rings. The highest BCUT2D eigenvalue weighted by atomic mass is 79.9. The smallest absolute Gasteiger partial charge is 0.336 e. The molecule has 0 radical (unpaired) electrons. The van der Waals surface area contributed by atoms with Crippen molar-refractivity contribution >= 4 is 38.7 Å². The standard InChI is InChI=1S/C20H15BrN2O3S/c1-11-7-16-14(9-18(24)25-17(16)8-12(11)2)10-27-20-23-22-19(26-20)13-3-5-15(21)6-4-13/h3-9H,10H2,1-2H3. The van der Waals surface area contributed by atoms with Crippen molar-refractivity contribution in [3.63, 3.8) is 0 Å². The molecular formula is C20H15BrN2O3S. The van der Waals surface area contributed by atoms with Crippen molar-refractivity contribution in [2.24, 2.45) is 0 Å². The summed E-state index contributed by atoms with van der Waals surface area (Å²) >= 11 is 4.80. The summed E-state index contributed by atoms with van der Waals surface area (Å²) in [7, 11) is 0. The van der Waals surface area contributed by atoms with Crippen LogP contribution in [0, 0.1) is 13.8 Å². The van der Waals surface area contributed by atoms with E-state index in [0.29, 0.717) is 22.4 Å². The lowest BCUT2D eigenvalue weighted by atomic mass is 10.0. The molecule has 0 atom stereocenters. The fourth-order valence-electron chi connectivity index (χ4n) is 2.72. The minimum Gasteiger partial charge on any atom is -0.423 e. The van der Waals surface area contributed by atoms with Gasteiger partial charge in [0.1, 0.15) is 5.58 Å². The van der Waals surface area contributed by atoms with Gasteiger partial charge in [0.15, 0.2) is 0 Å². The van der Waals surface area contributed by atoms with Gasteiger partial charge in [-0.25, -0.2) is 4.79 Å². The second-order valence-electron chi connectivity index (χ2n) is 6.19. The highest BCUT2D eigenvalue weighted by Crippen LogP contribution is 2.29. The van der Waals surface area contributed by atoms with Gasteiger partial charge >= 0.3 is 5.63 Å². The van der Waals surface area contributed by atoms with Crippen LogP contribution in [0.5, 0.6) is 0 Å². The molecular weight excluding hydrogens is 428 g/mol. The highest BCUT2D eigenvalue weighted by Gasteiger charge is 2.12. The highest BCUT2D eigenvalue weighted by molar-refractivity contribution is 9.10. The maximum Gasteiger partial charge on any atom is 0.336 e. The Labute approximate surface area is 167 Å². The molecule has 0 aliphatic carbocycles. The van der Waals surface area contributed by atoms with Crippen LogP contribution in [0.1, 0.15) is 16.7 Å². The third-order valence-electron chi connectivity index (χ3n) is 4.29. The van der Waals surface area contributed by atoms with Crippen molar-refractivity contribution in [3.8, 4) is 11.5 Å². The van der Waals surface area contributed by atoms with Crippen LogP contribution >= 0.6 is 27.7 Å². The average Bonchev–Trinajstić information content (AvgIpc) is 3.11. The van der Waals surface area contributed by atoms with Crippen LogP contribution in [0.4, 0.5) is 0 Å². The minimum atomic E-state index is -0.359. The zero-order valence-corrected chi connectivity index (χ0v) is 17.1. The molecule has 0 bridgehead atoms. The lowest BCUT2D eigenvalue weighted by Gasteiger charge is -2.07. The zero-order chi connectivity index (χ0) is 19.0. The monoisotopic (exact) mass is 442 g/mol. The van der Waals surface area contributed by atoms with E-state index >= 15 is 0 Å². The van der Waals surface area contributed by atoms with E-state index in [1.165, 1.54) is 17.8 Å². The van der Waals surface area contributed by atoms with Crippen LogP contribution in [-0.4, -0.2) is 10.2 Å². The summed E-state index contributed by atoms with van der Waals surface area (Å²) in [6.07, 6.45) is 0. The molecule has 2 heterocycles. The summed E-state index contributed by atoms with van der Waals surface area (Å²) in [5.74, 6) is 1.00. The van der Waals surface area contributed by atoms with Crippen LogP contribution < -0.4 is 5.63 Å². The Hall–Kier alpha value is -2.38. The Balaban J connectivity index is 1.60. The van der Waals surface area contributed by atoms with Crippen LogP contribution in [-0.2, 0) is 5.75 Å². The van der Waals surface area contributed by atoms with E-state index in [1.54, 1.807) is 0 Å².